The summed E-state index contributed by atoms with van der Waals surface area (Å²) in [6.07, 6.45) is 9.47. The van der Waals surface area contributed by atoms with Crippen LogP contribution in [0.1, 0.15) is 78.6 Å². The number of fused-ring (bicyclic) bond motifs is 5. The molecule has 128 valence electrons. The Morgan fingerprint density at radius 3 is 2.48 bits per heavy atom. The largest absolute Gasteiger partial charge is 0.393 e. The number of carbonyl (C=O) groups excluding carboxylic acids is 1. The Hall–Kier alpha value is -0.630. The van der Waals surface area contributed by atoms with Gasteiger partial charge in [-0.05, 0) is 74.5 Å². The van der Waals surface area contributed by atoms with Crippen LogP contribution in [0.2, 0.25) is 0 Å². The molecule has 4 rings (SSSR count). The van der Waals surface area contributed by atoms with Crippen molar-refractivity contribution < 1.29 is 9.90 Å². The molecule has 6 atom stereocenters. The Kier molecular flexibility index (Phi) is 3.58. The third kappa shape index (κ3) is 2.06. The van der Waals surface area contributed by atoms with Crippen LogP contribution in [0.25, 0.3) is 0 Å². The van der Waals surface area contributed by atoms with Crippen LogP contribution in [0, 0.1) is 28.6 Å². The molecule has 2 heteroatoms. The van der Waals surface area contributed by atoms with Crippen LogP contribution in [0.15, 0.2) is 11.1 Å². The molecule has 0 heterocycles. The number of Topliss-reactive ketones (excluding diaryl/α,β-unsaturated/α-hetero) is 1. The molecule has 0 aliphatic heterocycles. The quantitative estimate of drug-likeness (QED) is 0.714. The van der Waals surface area contributed by atoms with E-state index in [1.165, 1.54) is 12.8 Å². The Bertz CT molecular complexity index is 562. The van der Waals surface area contributed by atoms with Gasteiger partial charge in [0.2, 0.25) is 0 Å². The standard InChI is InChI=1S/C21H32O2/c1-4-13-11-15-16-5-6-19(23)21(16,3)10-8-17(15)20(2)9-7-14(22)12-18(13)20/h14-17,22H,4-12H2,1-3H3/t14?,15-,16-,17+,20+,21-/m0/s1. The minimum absolute atomic E-state index is 0.0257. The van der Waals surface area contributed by atoms with Crippen molar-refractivity contribution in [3.05, 3.63) is 11.1 Å². The van der Waals surface area contributed by atoms with E-state index < -0.39 is 0 Å². The second kappa shape index (κ2) is 5.18. The van der Waals surface area contributed by atoms with Gasteiger partial charge in [-0.2, -0.15) is 0 Å². The van der Waals surface area contributed by atoms with Crippen LogP contribution in [-0.4, -0.2) is 17.0 Å². The lowest BCUT2D eigenvalue weighted by Gasteiger charge is -2.58. The first-order valence-electron chi connectivity index (χ1n) is 9.83. The molecular formula is C21H32O2. The van der Waals surface area contributed by atoms with E-state index in [-0.39, 0.29) is 11.5 Å². The van der Waals surface area contributed by atoms with Gasteiger partial charge in [-0.25, -0.2) is 0 Å². The molecule has 4 aliphatic carbocycles. The van der Waals surface area contributed by atoms with Gasteiger partial charge in [0.25, 0.3) is 0 Å². The van der Waals surface area contributed by atoms with Crippen LogP contribution >= 0.6 is 0 Å². The summed E-state index contributed by atoms with van der Waals surface area (Å²) in [5, 5.41) is 10.2. The lowest BCUT2D eigenvalue weighted by atomic mass is 9.46. The molecule has 23 heavy (non-hydrogen) atoms. The van der Waals surface area contributed by atoms with Gasteiger partial charge in [-0.3, -0.25) is 4.79 Å². The Labute approximate surface area is 140 Å². The number of aliphatic hydroxyl groups is 1. The van der Waals surface area contributed by atoms with Gasteiger partial charge in [-0.15, -0.1) is 0 Å². The molecular weight excluding hydrogens is 284 g/mol. The average Bonchev–Trinajstić information content (AvgIpc) is 2.83. The van der Waals surface area contributed by atoms with Crippen molar-refractivity contribution in [2.24, 2.45) is 28.6 Å². The fourth-order valence-electron chi connectivity index (χ4n) is 7.05. The summed E-state index contributed by atoms with van der Waals surface area (Å²) in [5.74, 6) is 2.60. The Morgan fingerprint density at radius 2 is 1.74 bits per heavy atom. The number of hydrogen-bond acceptors (Lipinski definition) is 2. The van der Waals surface area contributed by atoms with Gasteiger partial charge >= 0.3 is 0 Å². The maximum Gasteiger partial charge on any atom is 0.139 e. The van der Waals surface area contributed by atoms with Crippen LogP contribution in [0.4, 0.5) is 0 Å². The predicted octanol–water partition coefficient (Wildman–Crippen LogP) is 4.66. The smallest absolute Gasteiger partial charge is 0.139 e. The van der Waals surface area contributed by atoms with Gasteiger partial charge in [0.1, 0.15) is 5.78 Å². The summed E-state index contributed by atoms with van der Waals surface area (Å²) < 4.78 is 0. The zero-order valence-electron chi connectivity index (χ0n) is 15.0. The Morgan fingerprint density at radius 1 is 1.04 bits per heavy atom. The molecule has 0 aromatic carbocycles. The van der Waals surface area contributed by atoms with Crippen LogP contribution in [-0.2, 0) is 4.79 Å². The van der Waals surface area contributed by atoms with E-state index >= 15 is 0 Å². The minimum atomic E-state index is -0.127. The Balaban J connectivity index is 1.76. The van der Waals surface area contributed by atoms with Crippen LogP contribution in [0.3, 0.4) is 0 Å². The van der Waals surface area contributed by atoms with Crippen molar-refractivity contribution in [2.75, 3.05) is 0 Å². The zero-order chi connectivity index (χ0) is 16.4. The van der Waals surface area contributed by atoms with E-state index in [9.17, 15) is 9.90 Å². The minimum Gasteiger partial charge on any atom is -0.393 e. The molecule has 0 aromatic rings. The van der Waals surface area contributed by atoms with Crippen molar-refractivity contribution >= 4 is 5.78 Å². The second-order valence-corrected chi connectivity index (χ2v) is 9.25. The van der Waals surface area contributed by atoms with Gasteiger partial charge in [0.05, 0.1) is 6.10 Å². The molecule has 0 saturated heterocycles. The van der Waals surface area contributed by atoms with Gasteiger partial charge in [0.15, 0.2) is 0 Å². The van der Waals surface area contributed by atoms with Crippen molar-refractivity contribution in [1.82, 2.24) is 0 Å². The highest BCUT2D eigenvalue weighted by molar-refractivity contribution is 5.87. The lowest BCUT2D eigenvalue weighted by molar-refractivity contribution is -0.132. The fourth-order valence-corrected chi connectivity index (χ4v) is 7.05. The number of carbonyl (C=O) groups is 1. The first kappa shape index (κ1) is 15.9. The van der Waals surface area contributed by atoms with E-state index in [0.29, 0.717) is 23.0 Å². The SMILES string of the molecule is CCC1=C2CC(O)CC[C@]2(C)[C@@H]2CC[C@]3(C)C(=O)CC[C@H]3[C@@H]2C1. The molecule has 0 bridgehead atoms. The maximum atomic E-state index is 12.5. The molecule has 0 radical (unpaired) electrons. The van der Waals surface area contributed by atoms with E-state index in [4.69, 9.17) is 0 Å². The number of rotatable bonds is 1. The van der Waals surface area contributed by atoms with Gasteiger partial charge < -0.3 is 5.11 Å². The highest BCUT2D eigenvalue weighted by Crippen LogP contribution is 2.65. The first-order valence-corrected chi connectivity index (χ1v) is 9.83. The lowest BCUT2D eigenvalue weighted by Crippen LogP contribution is -2.51. The summed E-state index contributed by atoms with van der Waals surface area (Å²) in [6, 6.07) is 0. The summed E-state index contributed by atoms with van der Waals surface area (Å²) in [5.41, 5.74) is 3.49. The summed E-state index contributed by atoms with van der Waals surface area (Å²) in [6.45, 7) is 7.03. The number of hydrogen-bond donors (Lipinski definition) is 1. The third-order valence-electron chi connectivity index (χ3n) is 8.43. The van der Waals surface area contributed by atoms with Crippen molar-refractivity contribution in [2.45, 2.75) is 84.7 Å². The number of ketones is 1. The van der Waals surface area contributed by atoms with Gasteiger partial charge in [-0.1, -0.05) is 31.9 Å². The molecule has 4 aliphatic rings. The molecule has 3 fully saturated rings. The normalized spacial score (nSPS) is 49.7. The van der Waals surface area contributed by atoms with E-state index in [2.05, 4.69) is 20.8 Å². The van der Waals surface area contributed by atoms with Crippen molar-refractivity contribution in [3.63, 3.8) is 0 Å². The van der Waals surface area contributed by atoms with E-state index in [0.717, 1.165) is 50.9 Å². The maximum absolute atomic E-state index is 12.5. The number of allylic oxidation sites excluding steroid dienone is 1. The molecule has 2 nitrogen and oxygen atoms in total. The third-order valence-corrected chi connectivity index (χ3v) is 8.43. The average molecular weight is 316 g/mol. The molecule has 3 saturated carbocycles. The predicted molar refractivity (Wildman–Crippen MR) is 92.0 cm³/mol. The molecule has 1 N–H and O–H groups in total. The van der Waals surface area contributed by atoms with Gasteiger partial charge in [0, 0.05) is 11.8 Å². The highest BCUT2D eigenvalue weighted by Gasteiger charge is 2.59. The molecule has 0 spiro atoms. The highest BCUT2D eigenvalue weighted by atomic mass is 16.3. The fraction of sp³-hybridized carbons (Fsp3) is 0.857. The van der Waals surface area contributed by atoms with E-state index in [1.807, 2.05) is 0 Å². The molecule has 1 unspecified atom stereocenters. The summed E-state index contributed by atoms with van der Waals surface area (Å²) in [7, 11) is 0. The second-order valence-electron chi connectivity index (χ2n) is 9.25. The number of aliphatic hydroxyl groups excluding tert-OH is 1. The molecule has 0 aromatic heterocycles. The molecule has 0 amide bonds. The summed E-state index contributed by atoms with van der Waals surface area (Å²) >= 11 is 0. The first-order chi connectivity index (χ1) is 10.9. The summed E-state index contributed by atoms with van der Waals surface area (Å²) in [4.78, 5) is 12.5. The zero-order valence-corrected chi connectivity index (χ0v) is 15.0. The topological polar surface area (TPSA) is 37.3 Å². The monoisotopic (exact) mass is 316 g/mol. The van der Waals surface area contributed by atoms with Crippen LogP contribution < -0.4 is 0 Å². The van der Waals surface area contributed by atoms with Crippen molar-refractivity contribution in [3.8, 4) is 0 Å². The van der Waals surface area contributed by atoms with Crippen molar-refractivity contribution in [1.29, 1.82) is 0 Å². The van der Waals surface area contributed by atoms with E-state index in [1.54, 1.807) is 11.1 Å². The van der Waals surface area contributed by atoms with Crippen LogP contribution in [0.5, 0.6) is 0 Å².